The van der Waals surface area contributed by atoms with Crippen LogP contribution in [0, 0.1) is 13.8 Å². The van der Waals surface area contributed by atoms with Gasteiger partial charge in [0, 0.05) is 24.0 Å². The first-order valence-corrected chi connectivity index (χ1v) is 7.94. The lowest BCUT2D eigenvalue weighted by molar-refractivity contribution is 0.772. The van der Waals surface area contributed by atoms with Gasteiger partial charge in [-0.1, -0.05) is 36.9 Å². The number of allylic oxidation sites excluding steroid dienone is 1. The third kappa shape index (κ3) is 2.44. The van der Waals surface area contributed by atoms with Gasteiger partial charge in [0.1, 0.15) is 11.6 Å². The first kappa shape index (κ1) is 14.5. The topological polar surface area (TPSA) is 54.8 Å². The number of pyridine rings is 1. The minimum absolute atomic E-state index is 0.723. The fourth-order valence-electron chi connectivity index (χ4n) is 3.05. The van der Waals surface area contributed by atoms with Crippen LogP contribution in [0.1, 0.15) is 16.8 Å². The predicted octanol–water partition coefficient (Wildman–Crippen LogP) is 3.58. The molecule has 0 saturated heterocycles. The lowest BCUT2D eigenvalue weighted by atomic mass is 10.1. The molecule has 0 spiro atoms. The predicted molar refractivity (Wildman–Crippen MR) is 97.3 cm³/mol. The smallest absolute Gasteiger partial charge is 0.184 e. The average Bonchev–Trinajstić information content (AvgIpc) is 2.91. The third-order valence-corrected chi connectivity index (χ3v) is 4.10. The van der Waals surface area contributed by atoms with E-state index in [0.29, 0.717) is 0 Å². The van der Waals surface area contributed by atoms with E-state index in [-0.39, 0.29) is 0 Å². The van der Waals surface area contributed by atoms with Crippen LogP contribution in [-0.4, -0.2) is 14.8 Å². The molecule has 0 aliphatic carbocycles. The Bertz CT molecular complexity index is 966. The molecule has 1 aromatic carbocycles. The second kappa shape index (κ2) is 5.53. The standard InChI is InChI=1S/C19H19N5/c1-12-9-13(2)21-18-17(12)19-22-14(3)10-16(24(19)23-18)20-11-15-7-5-4-6-8-15/h4-10,20,22H,3,11H2,1-2H3. The van der Waals surface area contributed by atoms with Crippen LogP contribution in [0.15, 0.2) is 54.8 Å². The number of rotatable bonds is 3. The normalized spacial score (nSPS) is 13.4. The molecule has 0 atom stereocenters. The number of nitrogens with one attached hydrogen (secondary N) is 2. The summed E-state index contributed by atoms with van der Waals surface area (Å²) in [5, 5.41) is 12.5. The van der Waals surface area contributed by atoms with E-state index < -0.39 is 0 Å². The van der Waals surface area contributed by atoms with E-state index in [1.807, 2.05) is 35.9 Å². The largest absolute Gasteiger partial charge is 0.366 e. The number of benzene rings is 1. The van der Waals surface area contributed by atoms with Gasteiger partial charge in [-0.2, -0.15) is 4.68 Å². The summed E-state index contributed by atoms with van der Waals surface area (Å²) in [6.07, 6.45) is 1.96. The average molecular weight is 317 g/mol. The Morgan fingerprint density at radius 2 is 2.00 bits per heavy atom. The number of anilines is 1. The van der Waals surface area contributed by atoms with Crippen LogP contribution in [0.3, 0.4) is 0 Å². The Labute approximate surface area is 140 Å². The van der Waals surface area contributed by atoms with Crippen LogP contribution in [0.2, 0.25) is 0 Å². The maximum atomic E-state index is 4.67. The van der Waals surface area contributed by atoms with Crippen molar-refractivity contribution in [3.8, 4) is 0 Å². The quantitative estimate of drug-likeness (QED) is 0.775. The lowest BCUT2D eigenvalue weighted by Gasteiger charge is -2.20. The van der Waals surface area contributed by atoms with Gasteiger partial charge in [-0.05, 0) is 31.0 Å². The van der Waals surface area contributed by atoms with Crippen LogP contribution in [-0.2, 0) is 6.54 Å². The van der Waals surface area contributed by atoms with Gasteiger partial charge < -0.3 is 10.6 Å². The van der Waals surface area contributed by atoms with Gasteiger partial charge in [-0.3, -0.25) is 0 Å². The van der Waals surface area contributed by atoms with Gasteiger partial charge in [-0.25, -0.2) is 4.98 Å². The van der Waals surface area contributed by atoms with Crippen LogP contribution >= 0.6 is 0 Å². The van der Waals surface area contributed by atoms with Crippen LogP contribution in [0.4, 0.5) is 5.82 Å². The summed E-state index contributed by atoms with van der Waals surface area (Å²) >= 11 is 0. The summed E-state index contributed by atoms with van der Waals surface area (Å²) < 4.78 is 1.88. The van der Waals surface area contributed by atoms with Crippen molar-refractivity contribution in [2.75, 3.05) is 5.32 Å². The highest BCUT2D eigenvalue weighted by atomic mass is 15.4. The molecule has 0 fully saturated rings. The van der Waals surface area contributed by atoms with Crippen LogP contribution < -0.4 is 10.6 Å². The molecule has 0 saturated carbocycles. The number of nitrogens with zero attached hydrogens (tertiary/aromatic N) is 3. The molecule has 120 valence electrons. The molecule has 0 unspecified atom stereocenters. The number of hydrogen-bond donors (Lipinski definition) is 2. The fraction of sp³-hybridized carbons (Fsp3) is 0.158. The minimum atomic E-state index is 0.723. The van der Waals surface area contributed by atoms with E-state index in [4.69, 9.17) is 0 Å². The van der Waals surface area contributed by atoms with Crippen LogP contribution in [0.25, 0.3) is 16.9 Å². The maximum Gasteiger partial charge on any atom is 0.184 e. The number of hydrogen-bond acceptors (Lipinski definition) is 4. The monoisotopic (exact) mass is 317 g/mol. The minimum Gasteiger partial charge on any atom is -0.366 e. The van der Waals surface area contributed by atoms with Gasteiger partial charge >= 0.3 is 0 Å². The summed E-state index contributed by atoms with van der Waals surface area (Å²) in [6.45, 7) is 8.86. The van der Waals surface area contributed by atoms with Crippen molar-refractivity contribution >= 4 is 22.7 Å². The lowest BCUT2D eigenvalue weighted by Crippen LogP contribution is -2.23. The Morgan fingerprint density at radius 3 is 2.79 bits per heavy atom. The molecule has 0 bridgehead atoms. The SMILES string of the molecule is C=C1C=C(NCc2ccccc2)n2nc3nc(C)cc(C)c3c2N1. The van der Waals surface area contributed by atoms with Gasteiger partial charge in [-0.15, -0.1) is 5.10 Å². The second-order valence-corrected chi connectivity index (χ2v) is 6.06. The highest BCUT2D eigenvalue weighted by Gasteiger charge is 2.21. The van der Waals surface area contributed by atoms with E-state index >= 15 is 0 Å². The molecular weight excluding hydrogens is 298 g/mol. The molecule has 1 aliphatic rings. The van der Waals surface area contributed by atoms with E-state index in [0.717, 1.165) is 46.2 Å². The van der Waals surface area contributed by atoms with Crippen molar-refractivity contribution in [1.29, 1.82) is 0 Å². The Morgan fingerprint density at radius 1 is 1.21 bits per heavy atom. The molecule has 0 amide bonds. The zero-order valence-electron chi connectivity index (χ0n) is 13.8. The maximum absolute atomic E-state index is 4.67. The molecular formula is C19H19N5. The molecule has 5 heteroatoms. The van der Waals surface area contributed by atoms with E-state index in [9.17, 15) is 0 Å². The van der Waals surface area contributed by atoms with Crippen molar-refractivity contribution < 1.29 is 0 Å². The molecule has 2 aromatic heterocycles. The van der Waals surface area contributed by atoms with E-state index in [1.54, 1.807) is 0 Å². The fourth-order valence-corrected chi connectivity index (χ4v) is 3.05. The Balaban J connectivity index is 1.75. The molecule has 0 radical (unpaired) electrons. The summed E-state index contributed by atoms with van der Waals surface area (Å²) in [7, 11) is 0. The van der Waals surface area contributed by atoms with Gasteiger partial charge in [0.2, 0.25) is 0 Å². The van der Waals surface area contributed by atoms with E-state index in [1.165, 1.54) is 5.56 Å². The highest BCUT2D eigenvalue weighted by Crippen LogP contribution is 2.31. The van der Waals surface area contributed by atoms with Gasteiger partial charge in [0.15, 0.2) is 5.65 Å². The van der Waals surface area contributed by atoms with Gasteiger partial charge in [0.25, 0.3) is 0 Å². The van der Waals surface area contributed by atoms with Crippen molar-refractivity contribution in [3.63, 3.8) is 0 Å². The van der Waals surface area contributed by atoms with Gasteiger partial charge in [0.05, 0.1) is 5.39 Å². The van der Waals surface area contributed by atoms with E-state index in [2.05, 4.69) is 52.4 Å². The van der Waals surface area contributed by atoms with Crippen molar-refractivity contribution in [2.45, 2.75) is 20.4 Å². The molecule has 3 heterocycles. The molecule has 5 nitrogen and oxygen atoms in total. The number of fused-ring (bicyclic) bond motifs is 3. The summed E-state index contributed by atoms with van der Waals surface area (Å²) in [6, 6.07) is 12.4. The first-order valence-electron chi connectivity index (χ1n) is 7.94. The zero-order valence-corrected chi connectivity index (χ0v) is 13.8. The number of aromatic nitrogens is 3. The first-order chi connectivity index (χ1) is 11.6. The number of aryl methyl sites for hydroxylation is 2. The molecule has 1 aliphatic heterocycles. The zero-order chi connectivity index (χ0) is 16.7. The Hall–Kier alpha value is -3.08. The summed E-state index contributed by atoms with van der Waals surface area (Å²) in [4.78, 5) is 4.56. The van der Waals surface area contributed by atoms with Crippen molar-refractivity contribution in [1.82, 2.24) is 20.1 Å². The molecule has 3 aromatic rings. The van der Waals surface area contributed by atoms with Crippen molar-refractivity contribution in [2.24, 2.45) is 0 Å². The van der Waals surface area contributed by atoms with Crippen molar-refractivity contribution in [3.05, 3.63) is 71.6 Å². The highest BCUT2D eigenvalue weighted by molar-refractivity contribution is 5.94. The van der Waals surface area contributed by atoms with Crippen LogP contribution in [0.5, 0.6) is 0 Å². The summed E-state index contributed by atoms with van der Waals surface area (Å²) in [5.41, 5.74) is 4.92. The summed E-state index contributed by atoms with van der Waals surface area (Å²) in [5.74, 6) is 1.81. The second-order valence-electron chi connectivity index (χ2n) is 6.06. The molecule has 24 heavy (non-hydrogen) atoms. The molecule has 2 N–H and O–H groups in total. The third-order valence-electron chi connectivity index (χ3n) is 4.10. The molecule has 4 rings (SSSR count). The Kier molecular flexibility index (Phi) is 3.34.